The maximum Gasteiger partial charge on any atom is 0.125 e. The van der Waals surface area contributed by atoms with Crippen LogP contribution in [0, 0.1) is 6.92 Å². The minimum Gasteiger partial charge on any atom is -0.496 e. The van der Waals surface area contributed by atoms with Gasteiger partial charge in [0.2, 0.25) is 0 Å². The fourth-order valence-electron chi connectivity index (χ4n) is 3.40. The van der Waals surface area contributed by atoms with Gasteiger partial charge in [0, 0.05) is 24.2 Å². The van der Waals surface area contributed by atoms with Gasteiger partial charge in [-0.1, -0.05) is 11.6 Å². The number of benzene rings is 1. The van der Waals surface area contributed by atoms with Crippen LogP contribution in [0.3, 0.4) is 0 Å². The van der Waals surface area contributed by atoms with E-state index in [9.17, 15) is 5.11 Å². The predicted octanol–water partition coefficient (Wildman–Crippen LogP) is 2.45. The number of ether oxygens (including phenoxy) is 1. The van der Waals surface area contributed by atoms with E-state index in [2.05, 4.69) is 24.8 Å². The zero-order chi connectivity index (χ0) is 13.6. The molecule has 1 saturated heterocycles. The zero-order valence-corrected chi connectivity index (χ0v) is 12.0. The van der Waals surface area contributed by atoms with E-state index >= 15 is 0 Å². The van der Waals surface area contributed by atoms with Crippen molar-refractivity contribution in [1.29, 1.82) is 0 Å². The quantitative estimate of drug-likeness (QED) is 0.907. The first kappa shape index (κ1) is 12.9. The highest BCUT2D eigenvalue weighted by Crippen LogP contribution is 2.44. The molecule has 1 aromatic carbocycles. The molecule has 1 N–H and O–H groups in total. The molecule has 2 fully saturated rings. The average molecular weight is 261 g/mol. The van der Waals surface area contributed by atoms with Gasteiger partial charge in [-0.3, -0.25) is 4.90 Å². The van der Waals surface area contributed by atoms with Crippen LogP contribution in [-0.2, 0) is 5.60 Å². The second-order valence-electron chi connectivity index (χ2n) is 6.19. The third kappa shape index (κ3) is 2.26. The number of nitrogens with zero attached hydrogens (tertiary/aromatic N) is 1. The molecule has 0 amide bonds. The molecule has 0 radical (unpaired) electrons. The third-order valence-corrected chi connectivity index (χ3v) is 4.52. The first-order chi connectivity index (χ1) is 9.03. The van der Waals surface area contributed by atoms with Gasteiger partial charge in [-0.25, -0.2) is 0 Å². The van der Waals surface area contributed by atoms with Crippen LogP contribution < -0.4 is 4.74 Å². The van der Waals surface area contributed by atoms with Crippen molar-refractivity contribution in [2.45, 2.75) is 50.8 Å². The van der Waals surface area contributed by atoms with Crippen LogP contribution in [0.15, 0.2) is 18.2 Å². The van der Waals surface area contributed by atoms with E-state index in [0.717, 1.165) is 24.3 Å². The molecule has 3 heteroatoms. The van der Waals surface area contributed by atoms with Gasteiger partial charge in [0.25, 0.3) is 0 Å². The van der Waals surface area contributed by atoms with Crippen molar-refractivity contribution < 1.29 is 9.84 Å². The predicted molar refractivity (Wildman–Crippen MR) is 75.4 cm³/mol. The highest BCUT2D eigenvalue weighted by atomic mass is 16.5. The summed E-state index contributed by atoms with van der Waals surface area (Å²) in [7, 11) is 1.68. The molecule has 0 aromatic heterocycles. The molecule has 1 aromatic rings. The molecule has 19 heavy (non-hydrogen) atoms. The molecule has 0 spiro atoms. The summed E-state index contributed by atoms with van der Waals surface area (Å²) in [4.78, 5) is 2.46. The lowest BCUT2D eigenvalue weighted by Crippen LogP contribution is -2.33. The Balaban J connectivity index is 1.94. The van der Waals surface area contributed by atoms with Crippen LogP contribution in [0.1, 0.15) is 37.3 Å². The van der Waals surface area contributed by atoms with E-state index in [1.807, 2.05) is 12.1 Å². The lowest BCUT2D eigenvalue weighted by Gasteiger charge is -2.26. The molecule has 3 rings (SSSR count). The van der Waals surface area contributed by atoms with E-state index in [4.69, 9.17) is 4.74 Å². The summed E-state index contributed by atoms with van der Waals surface area (Å²) >= 11 is 0. The number of hydrogen-bond donors (Lipinski definition) is 1. The number of aliphatic hydroxyl groups is 1. The zero-order valence-electron chi connectivity index (χ0n) is 12.0. The van der Waals surface area contributed by atoms with E-state index in [1.165, 1.54) is 18.4 Å². The number of hydrogen-bond acceptors (Lipinski definition) is 3. The van der Waals surface area contributed by atoms with E-state index in [0.29, 0.717) is 12.1 Å². The summed E-state index contributed by atoms with van der Waals surface area (Å²) in [6.07, 6.45) is 3.36. The Morgan fingerprint density at radius 3 is 2.74 bits per heavy atom. The summed E-state index contributed by atoms with van der Waals surface area (Å²) in [6.45, 7) is 5.01. The number of methoxy groups -OCH3 is 1. The van der Waals surface area contributed by atoms with E-state index < -0.39 is 5.60 Å². The standard InChI is InChI=1S/C16H23NO2/c1-11-4-7-15(19-3)14(8-11)16(18)9-12(2)17(10-16)13-5-6-13/h4,7-8,12-13,18H,5-6,9-10H2,1-3H3. The van der Waals surface area contributed by atoms with Gasteiger partial charge in [0.05, 0.1) is 7.11 Å². The molecule has 1 aliphatic carbocycles. The number of rotatable bonds is 3. The smallest absolute Gasteiger partial charge is 0.125 e. The highest BCUT2D eigenvalue weighted by Gasteiger charge is 2.47. The fourth-order valence-corrected chi connectivity index (χ4v) is 3.40. The largest absolute Gasteiger partial charge is 0.496 e. The Morgan fingerprint density at radius 2 is 2.11 bits per heavy atom. The van der Waals surface area contributed by atoms with Crippen LogP contribution in [-0.4, -0.2) is 35.7 Å². The Hall–Kier alpha value is -1.06. The molecule has 2 atom stereocenters. The topological polar surface area (TPSA) is 32.7 Å². The lowest BCUT2D eigenvalue weighted by atomic mass is 9.89. The van der Waals surface area contributed by atoms with Crippen LogP contribution in [0.25, 0.3) is 0 Å². The molecule has 0 bridgehead atoms. The van der Waals surface area contributed by atoms with Crippen LogP contribution in [0.5, 0.6) is 5.75 Å². The molecule has 104 valence electrons. The van der Waals surface area contributed by atoms with Gasteiger partial charge < -0.3 is 9.84 Å². The number of likely N-dealkylation sites (tertiary alicyclic amines) is 1. The molecule has 1 aliphatic heterocycles. The minimum atomic E-state index is -0.765. The molecular formula is C16H23NO2. The van der Waals surface area contributed by atoms with Crippen molar-refractivity contribution in [3.05, 3.63) is 29.3 Å². The lowest BCUT2D eigenvalue weighted by molar-refractivity contribution is 0.0427. The van der Waals surface area contributed by atoms with Crippen molar-refractivity contribution in [1.82, 2.24) is 4.90 Å². The average Bonchev–Trinajstić information content (AvgIpc) is 3.16. The monoisotopic (exact) mass is 261 g/mol. The SMILES string of the molecule is COc1ccc(C)cc1C1(O)CC(C)N(C2CC2)C1. The van der Waals surface area contributed by atoms with Crippen molar-refractivity contribution in [2.75, 3.05) is 13.7 Å². The summed E-state index contributed by atoms with van der Waals surface area (Å²) in [6, 6.07) is 7.21. The Labute approximate surface area is 115 Å². The normalized spacial score (nSPS) is 31.7. The summed E-state index contributed by atoms with van der Waals surface area (Å²) in [5.74, 6) is 0.804. The van der Waals surface area contributed by atoms with E-state index in [-0.39, 0.29) is 0 Å². The molecule has 2 aliphatic rings. The molecule has 1 saturated carbocycles. The number of β-amino-alcohol motifs (C(OH)–C–C–N with tert-alkyl or cyclic N) is 1. The van der Waals surface area contributed by atoms with Crippen molar-refractivity contribution in [2.24, 2.45) is 0 Å². The van der Waals surface area contributed by atoms with Crippen LogP contribution in [0.4, 0.5) is 0 Å². The van der Waals surface area contributed by atoms with Crippen LogP contribution in [0.2, 0.25) is 0 Å². The fraction of sp³-hybridized carbons (Fsp3) is 0.625. The molecule has 1 heterocycles. The Bertz CT molecular complexity index is 484. The maximum atomic E-state index is 11.1. The van der Waals surface area contributed by atoms with Gasteiger partial charge in [0.1, 0.15) is 11.4 Å². The summed E-state index contributed by atoms with van der Waals surface area (Å²) < 4.78 is 5.45. The third-order valence-electron chi connectivity index (χ3n) is 4.52. The van der Waals surface area contributed by atoms with E-state index in [1.54, 1.807) is 7.11 Å². The maximum absolute atomic E-state index is 11.1. The Kier molecular flexibility index (Phi) is 3.06. The van der Waals surface area contributed by atoms with Gasteiger partial charge in [-0.2, -0.15) is 0 Å². The van der Waals surface area contributed by atoms with Crippen LogP contribution >= 0.6 is 0 Å². The van der Waals surface area contributed by atoms with Gasteiger partial charge >= 0.3 is 0 Å². The van der Waals surface area contributed by atoms with Gasteiger partial charge in [0.15, 0.2) is 0 Å². The summed E-state index contributed by atoms with van der Waals surface area (Å²) in [5, 5.41) is 11.1. The summed E-state index contributed by atoms with van der Waals surface area (Å²) in [5.41, 5.74) is 1.35. The first-order valence-corrected chi connectivity index (χ1v) is 7.17. The van der Waals surface area contributed by atoms with Gasteiger partial charge in [-0.15, -0.1) is 0 Å². The second kappa shape index (κ2) is 4.50. The minimum absolute atomic E-state index is 0.447. The first-order valence-electron chi connectivity index (χ1n) is 7.17. The van der Waals surface area contributed by atoms with Crippen molar-refractivity contribution in [3.8, 4) is 5.75 Å². The second-order valence-corrected chi connectivity index (χ2v) is 6.19. The molecule has 3 nitrogen and oxygen atoms in total. The van der Waals surface area contributed by atoms with Crippen molar-refractivity contribution >= 4 is 0 Å². The number of aryl methyl sites for hydroxylation is 1. The molecular weight excluding hydrogens is 238 g/mol. The molecule has 2 unspecified atom stereocenters. The highest BCUT2D eigenvalue weighted by molar-refractivity contribution is 5.42. The Morgan fingerprint density at radius 1 is 1.37 bits per heavy atom. The van der Waals surface area contributed by atoms with Gasteiger partial charge in [-0.05, 0) is 45.2 Å². The van der Waals surface area contributed by atoms with Crippen molar-refractivity contribution in [3.63, 3.8) is 0 Å².